The summed E-state index contributed by atoms with van der Waals surface area (Å²) in [6.45, 7) is 1.57. The van der Waals surface area contributed by atoms with Gasteiger partial charge in [0.05, 0.1) is 30.3 Å². The molecule has 0 fully saturated rings. The third-order valence-electron chi connectivity index (χ3n) is 3.31. The minimum absolute atomic E-state index is 0.0853. The Morgan fingerprint density at radius 2 is 2.13 bits per heavy atom. The molecule has 120 valence electrons. The Morgan fingerprint density at radius 3 is 2.78 bits per heavy atom. The van der Waals surface area contributed by atoms with E-state index in [9.17, 15) is 13.2 Å². The molecule has 3 heterocycles. The third-order valence-corrected chi connectivity index (χ3v) is 3.31. The van der Waals surface area contributed by atoms with Gasteiger partial charge < -0.3 is 5.32 Å². The maximum absolute atomic E-state index is 12.7. The monoisotopic (exact) mass is 322 g/mol. The van der Waals surface area contributed by atoms with Crippen LogP contribution in [-0.2, 0) is 12.7 Å². The van der Waals surface area contributed by atoms with Gasteiger partial charge in [0.25, 0.3) is 0 Å². The molecule has 0 spiro atoms. The summed E-state index contributed by atoms with van der Waals surface area (Å²) in [5.74, 6) is 0.651. The molecular weight excluding hydrogens is 309 g/mol. The number of aromatic nitrogens is 5. The normalized spacial score (nSPS) is 11.7. The van der Waals surface area contributed by atoms with E-state index in [-0.39, 0.29) is 12.1 Å². The third kappa shape index (κ3) is 3.17. The Kier molecular flexibility index (Phi) is 3.77. The smallest absolute Gasteiger partial charge is 0.377 e. The van der Waals surface area contributed by atoms with Crippen LogP contribution >= 0.6 is 0 Å². The highest BCUT2D eigenvalue weighted by molar-refractivity contribution is 5.42. The molecular formula is C14H13F3N6. The average Bonchev–Trinajstić information content (AvgIpc) is 3.12. The van der Waals surface area contributed by atoms with Crippen LogP contribution in [0.5, 0.6) is 0 Å². The number of nitrogens with one attached hydrogen (secondary N) is 2. The second kappa shape index (κ2) is 5.75. The van der Waals surface area contributed by atoms with Crippen LogP contribution < -0.4 is 5.32 Å². The van der Waals surface area contributed by atoms with Crippen LogP contribution in [0.4, 0.5) is 18.9 Å². The van der Waals surface area contributed by atoms with Crippen molar-refractivity contribution in [3.05, 3.63) is 53.7 Å². The van der Waals surface area contributed by atoms with E-state index in [1.165, 1.54) is 6.92 Å². The molecule has 3 rings (SSSR count). The van der Waals surface area contributed by atoms with E-state index in [1.807, 2.05) is 6.07 Å². The first-order chi connectivity index (χ1) is 10.9. The summed E-state index contributed by atoms with van der Waals surface area (Å²) in [6, 6.07) is 5.43. The van der Waals surface area contributed by atoms with Gasteiger partial charge in [0.2, 0.25) is 0 Å². The largest absolute Gasteiger partial charge is 0.435 e. The van der Waals surface area contributed by atoms with Crippen molar-refractivity contribution in [3.63, 3.8) is 0 Å². The number of aromatic amines is 1. The number of hydrogen-bond donors (Lipinski definition) is 2. The van der Waals surface area contributed by atoms with Gasteiger partial charge in [-0.3, -0.25) is 5.10 Å². The van der Waals surface area contributed by atoms with Gasteiger partial charge in [-0.1, -0.05) is 6.07 Å². The van der Waals surface area contributed by atoms with Gasteiger partial charge in [-0.05, 0) is 19.1 Å². The molecule has 2 N–H and O–H groups in total. The quantitative estimate of drug-likeness (QED) is 0.775. The lowest BCUT2D eigenvalue weighted by atomic mass is 10.2. The minimum Gasteiger partial charge on any atom is -0.377 e. The summed E-state index contributed by atoms with van der Waals surface area (Å²) in [5, 5.41) is 12.9. The molecule has 0 unspecified atom stereocenters. The Morgan fingerprint density at radius 1 is 1.30 bits per heavy atom. The molecule has 0 atom stereocenters. The van der Waals surface area contributed by atoms with Crippen molar-refractivity contribution in [2.24, 2.45) is 0 Å². The minimum atomic E-state index is -4.46. The zero-order chi connectivity index (χ0) is 16.4. The van der Waals surface area contributed by atoms with E-state index < -0.39 is 11.9 Å². The summed E-state index contributed by atoms with van der Waals surface area (Å²) in [4.78, 5) is 4.16. The second-order valence-corrected chi connectivity index (χ2v) is 4.89. The van der Waals surface area contributed by atoms with Crippen LogP contribution in [0.15, 0.2) is 36.8 Å². The molecule has 0 aromatic carbocycles. The van der Waals surface area contributed by atoms with Gasteiger partial charge in [0, 0.05) is 11.8 Å². The molecule has 9 heteroatoms. The van der Waals surface area contributed by atoms with Gasteiger partial charge in [-0.2, -0.15) is 23.4 Å². The lowest BCUT2D eigenvalue weighted by Crippen LogP contribution is -2.08. The molecule has 3 aromatic heterocycles. The molecule has 0 aliphatic heterocycles. The van der Waals surface area contributed by atoms with Crippen LogP contribution in [-0.4, -0.2) is 25.0 Å². The van der Waals surface area contributed by atoms with Crippen LogP contribution in [0.2, 0.25) is 0 Å². The lowest BCUT2D eigenvalue weighted by Gasteiger charge is -2.05. The SMILES string of the molecule is Cc1c(C(F)(F)F)n[nH]c1CNc1cnn(-c2ccccn2)c1. The van der Waals surface area contributed by atoms with E-state index >= 15 is 0 Å². The van der Waals surface area contributed by atoms with E-state index in [0.717, 1.165) is 0 Å². The highest BCUT2D eigenvalue weighted by Gasteiger charge is 2.36. The van der Waals surface area contributed by atoms with Crippen molar-refractivity contribution < 1.29 is 13.2 Å². The van der Waals surface area contributed by atoms with Crippen LogP contribution in [0.25, 0.3) is 5.82 Å². The van der Waals surface area contributed by atoms with E-state index in [1.54, 1.807) is 35.4 Å². The molecule has 0 saturated heterocycles. The van der Waals surface area contributed by atoms with Crippen LogP contribution in [0.1, 0.15) is 17.0 Å². The van der Waals surface area contributed by atoms with E-state index in [4.69, 9.17) is 0 Å². The van der Waals surface area contributed by atoms with Crippen molar-refractivity contribution in [2.75, 3.05) is 5.32 Å². The van der Waals surface area contributed by atoms with Crippen molar-refractivity contribution in [2.45, 2.75) is 19.6 Å². The van der Waals surface area contributed by atoms with Crippen LogP contribution in [0.3, 0.4) is 0 Å². The molecule has 3 aromatic rings. The van der Waals surface area contributed by atoms with E-state index in [0.29, 0.717) is 17.2 Å². The molecule has 6 nitrogen and oxygen atoms in total. The van der Waals surface area contributed by atoms with Crippen molar-refractivity contribution in [1.82, 2.24) is 25.0 Å². The van der Waals surface area contributed by atoms with Crippen molar-refractivity contribution >= 4 is 5.69 Å². The fourth-order valence-corrected chi connectivity index (χ4v) is 2.10. The van der Waals surface area contributed by atoms with Crippen molar-refractivity contribution in [1.29, 1.82) is 0 Å². The lowest BCUT2D eigenvalue weighted by molar-refractivity contribution is -0.141. The number of rotatable bonds is 4. The van der Waals surface area contributed by atoms with Gasteiger partial charge in [-0.25, -0.2) is 9.67 Å². The Balaban J connectivity index is 1.70. The zero-order valence-corrected chi connectivity index (χ0v) is 12.1. The maximum Gasteiger partial charge on any atom is 0.435 e. The van der Waals surface area contributed by atoms with Crippen LogP contribution in [0, 0.1) is 6.92 Å². The summed E-state index contributed by atoms with van der Waals surface area (Å²) in [6.07, 6.45) is 0.475. The fraction of sp³-hybridized carbons (Fsp3) is 0.214. The molecule has 0 radical (unpaired) electrons. The van der Waals surface area contributed by atoms with Gasteiger partial charge >= 0.3 is 6.18 Å². The first-order valence-corrected chi connectivity index (χ1v) is 6.76. The van der Waals surface area contributed by atoms with Crippen molar-refractivity contribution in [3.8, 4) is 5.82 Å². The molecule has 0 aliphatic carbocycles. The summed E-state index contributed by atoms with van der Waals surface area (Å²) < 4.78 is 39.7. The second-order valence-electron chi connectivity index (χ2n) is 4.89. The fourth-order valence-electron chi connectivity index (χ4n) is 2.10. The standard InChI is InChI=1S/C14H13F3N6/c1-9-11(21-22-13(9)14(15,16)17)7-19-10-6-20-23(8-10)12-4-2-3-5-18-12/h2-6,8,19H,7H2,1H3,(H,21,22). The molecule has 0 amide bonds. The summed E-state index contributed by atoms with van der Waals surface area (Å²) in [5.41, 5.74) is 0.238. The number of nitrogens with zero attached hydrogens (tertiary/aromatic N) is 4. The predicted molar refractivity (Wildman–Crippen MR) is 77.0 cm³/mol. The summed E-state index contributed by atoms with van der Waals surface area (Å²) >= 11 is 0. The highest BCUT2D eigenvalue weighted by atomic mass is 19.4. The topological polar surface area (TPSA) is 71.4 Å². The number of hydrogen-bond acceptors (Lipinski definition) is 4. The zero-order valence-electron chi connectivity index (χ0n) is 12.1. The predicted octanol–water partition coefficient (Wildman–Crippen LogP) is 2.93. The molecule has 0 saturated carbocycles. The number of halogens is 3. The highest BCUT2D eigenvalue weighted by Crippen LogP contribution is 2.31. The average molecular weight is 322 g/mol. The number of alkyl halides is 3. The Bertz CT molecular complexity index is 790. The number of H-pyrrole nitrogens is 1. The number of pyridine rings is 1. The molecule has 0 aliphatic rings. The van der Waals surface area contributed by atoms with Gasteiger partial charge in [0.15, 0.2) is 11.5 Å². The first-order valence-electron chi connectivity index (χ1n) is 6.76. The molecule has 23 heavy (non-hydrogen) atoms. The van der Waals surface area contributed by atoms with E-state index in [2.05, 4.69) is 25.6 Å². The number of anilines is 1. The van der Waals surface area contributed by atoms with Gasteiger partial charge in [0.1, 0.15) is 0 Å². The summed E-state index contributed by atoms with van der Waals surface area (Å²) in [7, 11) is 0. The van der Waals surface area contributed by atoms with Gasteiger partial charge in [-0.15, -0.1) is 0 Å². The molecule has 0 bridgehead atoms. The maximum atomic E-state index is 12.7. The first kappa shape index (κ1) is 15.1. The Hall–Kier alpha value is -2.84. The Labute approximate surface area is 129 Å².